The molecule has 3 heteroatoms. The topological polar surface area (TPSA) is 38.3 Å². The number of rotatable bonds is 9. The quantitative estimate of drug-likeness (QED) is 0.639. The standard InChI is InChI=1S/C20H25NO2/c1-2-3-4-5-9-16-23-19-14-12-17(13-15-19)20(22)21-18-10-7-6-8-11-18/h6-8,10-15H,2-5,9,16H2,1H3,(H,21,22). The zero-order chi connectivity index (χ0) is 16.3. The van der Waals surface area contributed by atoms with Crippen LogP contribution >= 0.6 is 0 Å². The predicted octanol–water partition coefficient (Wildman–Crippen LogP) is 5.29. The molecule has 0 saturated carbocycles. The van der Waals surface area contributed by atoms with Crippen LogP contribution in [-0.4, -0.2) is 12.5 Å². The minimum atomic E-state index is -0.109. The highest BCUT2D eigenvalue weighted by atomic mass is 16.5. The molecule has 0 aromatic heterocycles. The molecule has 0 fully saturated rings. The van der Waals surface area contributed by atoms with Gasteiger partial charge in [0.1, 0.15) is 5.75 Å². The first kappa shape index (κ1) is 17.1. The summed E-state index contributed by atoms with van der Waals surface area (Å²) in [6, 6.07) is 16.7. The number of para-hydroxylation sites is 1. The maximum atomic E-state index is 12.1. The highest BCUT2D eigenvalue weighted by molar-refractivity contribution is 6.04. The smallest absolute Gasteiger partial charge is 0.255 e. The first-order chi connectivity index (χ1) is 11.3. The third kappa shape index (κ3) is 6.15. The molecule has 1 N–H and O–H groups in total. The van der Waals surface area contributed by atoms with E-state index in [1.165, 1.54) is 25.7 Å². The summed E-state index contributed by atoms with van der Waals surface area (Å²) in [4.78, 5) is 12.1. The lowest BCUT2D eigenvalue weighted by molar-refractivity contribution is 0.102. The van der Waals surface area contributed by atoms with E-state index in [4.69, 9.17) is 4.74 Å². The van der Waals surface area contributed by atoms with Crippen molar-refractivity contribution < 1.29 is 9.53 Å². The van der Waals surface area contributed by atoms with Crippen molar-refractivity contribution >= 4 is 11.6 Å². The molecule has 23 heavy (non-hydrogen) atoms. The van der Waals surface area contributed by atoms with Crippen molar-refractivity contribution in [2.24, 2.45) is 0 Å². The molecule has 0 spiro atoms. The monoisotopic (exact) mass is 311 g/mol. The molecule has 2 aromatic carbocycles. The molecule has 2 aromatic rings. The summed E-state index contributed by atoms with van der Waals surface area (Å²) in [6.45, 7) is 2.95. The van der Waals surface area contributed by atoms with E-state index in [0.29, 0.717) is 5.56 Å². The van der Waals surface area contributed by atoms with E-state index in [1.807, 2.05) is 42.5 Å². The van der Waals surface area contributed by atoms with Crippen LogP contribution in [-0.2, 0) is 0 Å². The van der Waals surface area contributed by atoms with Crippen molar-refractivity contribution in [2.45, 2.75) is 39.0 Å². The lowest BCUT2D eigenvalue weighted by atomic mass is 10.1. The summed E-state index contributed by atoms with van der Waals surface area (Å²) in [6.07, 6.45) is 6.12. The molecule has 0 heterocycles. The molecule has 122 valence electrons. The second-order valence-corrected chi connectivity index (χ2v) is 5.61. The molecule has 0 radical (unpaired) electrons. The molecule has 3 nitrogen and oxygen atoms in total. The summed E-state index contributed by atoms with van der Waals surface area (Å²) in [5.41, 5.74) is 1.43. The fourth-order valence-corrected chi connectivity index (χ4v) is 2.32. The Morgan fingerprint density at radius 1 is 0.913 bits per heavy atom. The lowest BCUT2D eigenvalue weighted by Crippen LogP contribution is -2.11. The van der Waals surface area contributed by atoms with Crippen LogP contribution in [0.4, 0.5) is 5.69 Å². The minimum Gasteiger partial charge on any atom is -0.494 e. The summed E-state index contributed by atoms with van der Waals surface area (Å²) in [5.74, 6) is 0.707. The van der Waals surface area contributed by atoms with Crippen molar-refractivity contribution in [3.63, 3.8) is 0 Å². The number of ether oxygens (including phenoxy) is 1. The van der Waals surface area contributed by atoms with Crippen LogP contribution in [0.1, 0.15) is 49.4 Å². The first-order valence-corrected chi connectivity index (χ1v) is 8.39. The van der Waals surface area contributed by atoms with Gasteiger partial charge in [-0.2, -0.15) is 0 Å². The molecule has 0 bridgehead atoms. The zero-order valence-electron chi connectivity index (χ0n) is 13.8. The summed E-state index contributed by atoms with van der Waals surface area (Å²) < 4.78 is 5.71. The second-order valence-electron chi connectivity index (χ2n) is 5.61. The van der Waals surface area contributed by atoms with Gasteiger partial charge in [0.15, 0.2) is 0 Å². The number of unbranched alkanes of at least 4 members (excludes halogenated alkanes) is 4. The molecule has 1 amide bonds. The average molecular weight is 311 g/mol. The van der Waals surface area contributed by atoms with Gasteiger partial charge in [-0.25, -0.2) is 0 Å². The Hall–Kier alpha value is -2.29. The molecular weight excluding hydrogens is 286 g/mol. The largest absolute Gasteiger partial charge is 0.494 e. The molecule has 0 saturated heterocycles. The minimum absolute atomic E-state index is 0.109. The Kier molecular flexibility index (Phi) is 7.18. The van der Waals surface area contributed by atoms with E-state index >= 15 is 0 Å². The van der Waals surface area contributed by atoms with Gasteiger partial charge in [0, 0.05) is 11.3 Å². The number of amides is 1. The van der Waals surface area contributed by atoms with Crippen LogP contribution in [0.5, 0.6) is 5.75 Å². The van der Waals surface area contributed by atoms with E-state index in [0.717, 1.165) is 24.5 Å². The van der Waals surface area contributed by atoms with Crippen LogP contribution in [0.25, 0.3) is 0 Å². The van der Waals surface area contributed by atoms with Crippen LogP contribution in [0.15, 0.2) is 54.6 Å². The normalized spacial score (nSPS) is 10.3. The number of hydrogen-bond donors (Lipinski definition) is 1. The van der Waals surface area contributed by atoms with Gasteiger partial charge >= 0.3 is 0 Å². The second kappa shape index (κ2) is 9.67. The number of anilines is 1. The Balaban J connectivity index is 1.76. The highest BCUT2D eigenvalue weighted by Crippen LogP contribution is 2.15. The molecule has 2 rings (SSSR count). The van der Waals surface area contributed by atoms with E-state index < -0.39 is 0 Å². The summed E-state index contributed by atoms with van der Waals surface area (Å²) >= 11 is 0. The maximum Gasteiger partial charge on any atom is 0.255 e. The highest BCUT2D eigenvalue weighted by Gasteiger charge is 2.06. The SMILES string of the molecule is CCCCCCCOc1ccc(C(=O)Nc2ccccc2)cc1. The van der Waals surface area contributed by atoms with Crippen molar-refractivity contribution in [2.75, 3.05) is 11.9 Å². The average Bonchev–Trinajstić information content (AvgIpc) is 2.59. The first-order valence-electron chi connectivity index (χ1n) is 8.39. The molecular formula is C20H25NO2. The summed E-state index contributed by atoms with van der Waals surface area (Å²) in [5, 5.41) is 2.87. The van der Waals surface area contributed by atoms with Crippen LogP contribution in [0, 0.1) is 0 Å². The third-order valence-electron chi connectivity index (χ3n) is 3.66. The number of carbonyl (C=O) groups excluding carboxylic acids is 1. The van der Waals surface area contributed by atoms with Gasteiger partial charge in [-0.05, 0) is 42.8 Å². The third-order valence-corrected chi connectivity index (χ3v) is 3.66. The van der Waals surface area contributed by atoms with Crippen LogP contribution < -0.4 is 10.1 Å². The Labute approximate surface area is 138 Å². The van der Waals surface area contributed by atoms with Gasteiger partial charge in [0.25, 0.3) is 5.91 Å². The Bertz CT molecular complexity index is 578. The number of hydrogen-bond acceptors (Lipinski definition) is 2. The molecule has 0 aliphatic heterocycles. The van der Waals surface area contributed by atoms with Gasteiger partial charge in [-0.15, -0.1) is 0 Å². The van der Waals surface area contributed by atoms with E-state index in [2.05, 4.69) is 12.2 Å². The molecule has 0 unspecified atom stereocenters. The maximum absolute atomic E-state index is 12.1. The van der Waals surface area contributed by atoms with Crippen molar-refractivity contribution in [3.8, 4) is 5.75 Å². The number of nitrogens with one attached hydrogen (secondary N) is 1. The van der Waals surface area contributed by atoms with Crippen molar-refractivity contribution in [1.82, 2.24) is 0 Å². The van der Waals surface area contributed by atoms with Crippen molar-refractivity contribution in [1.29, 1.82) is 0 Å². The van der Waals surface area contributed by atoms with E-state index in [-0.39, 0.29) is 5.91 Å². The van der Waals surface area contributed by atoms with E-state index in [1.54, 1.807) is 12.1 Å². The van der Waals surface area contributed by atoms with Crippen LogP contribution in [0.3, 0.4) is 0 Å². The molecule has 0 atom stereocenters. The lowest BCUT2D eigenvalue weighted by Gasteiger charge is -2.08. The van der Waals surface area contributed by atoms with E-state index in [9.17, 15) is 4.79 Å². The van der Waals surface area contributed by atoms with Crippen LogP contribution in [0.2, 0.25) is 0 Å². The fourth-order valence-electron chi connectivity index (χ4n) is 2.32. The summed E-state index contributed by atoms with van der Waals surface area (Å²) in [7, 11) is 0. The number of benzene rings is 2. The Morgan fingerprint density at radius 3 is 2.30 bits per heavy atom. The van der Waals surface area contributed by atoms with Crippen molar-refractivity contribution in [3.05, 3.63) is 60.2 Å². The van der Waals surface area contributed by atoms with Gasteiger partial charge in [0.05, 0.1) is 6.61 Å². The van der Waals surface area contributed by atoms with Gasteiger partial charge in [0.2, 0.25) is 0 Å². The van der Waals surface area contributed by atoms with Gasteiger partial charge < -0.3 is 10.1 Å². The van der Waals surface area contributed by atoms with Gasteiger partial charge in [-0.3, -0.25) is 4.79 Å². The molecule has 0 aliphatic carbocycles. The molecule has 0 aliphatic rings. The number of carbonyl (C=O) groups is 1. The van der Waals surface area contributed by atoms with Gasteiger partial charge in [-0.1, -0.05) is 50.8 Å². The zero-order valence-corrected chi connectivity index (χ0v) is 13.8. The fraction of sp³-hybridized carbons (Fsp3) is 0.350. The Morgan fingerprint density at radius 2 is 1.61 bits per heavy atom. The predicted molar refractivity (Wildman–Crippen MR) is 95.1 cm³/mol.